The molecule has 1 fully saturated rings. The molecule has 1 aliphatic rings. The number of rotatable bonds is 3. The zero-order chi connectivity index (χ0) is 10.2. The number of benzene rings is 1. The van der Waals surface area contributed by atoms with Gasteiger partial charge in [0.05, 0.1) is 6.04 Å². The lowest BCUT2D eigenvalue weighted by Crippen LogP contribution is -2.38. The zero-order valence-corrected chi connectivity index (χ0v) is 9.84. The largest absolute Gasteiger partial charge is 0.323 e. The Hall–Kier alpha value is -0.380. The van der Waals surface area contributed by atoms with Crippen LogP contribution in [0.15, 0.2) is 28.7 Å². The lowest BCUT2D eigenvalue weighted by atomic mass is 9.98. The van der Waals surface area contributed by atoms with Crippen LogP contribution in [0.1, 0.15) is 24.4 Å². The van der Waals surface area contributed by atoms with Crippen LogP contribution in [0.25, 0.3) is 0 Å². The van der Waals surface area contributed by atoms with E-state index in [0.717, 1.165) is 17.3 Å². The SMILES string of the molecule is CNC(c1ccccc1Br)C1(N)CC1. The molecule has 0 amide bonds. The van der Waals surface area contributed by atoms with E-state index < -0.39 is 0 Å². The first-order valence-electron chi connectivity index (χ1n) is 4.88. The van der Waals surface area contributed by atoms with Gasteiger partial charge in [-0.05, 0) is 31.5 Å². The second-order valence-corrected chi connectivity index (χ2v) is 4.83. The van der Waals surface area contributed by atoms with E-state index in [9.17, 15) is 0 Å². The standard InChI is InChI=1S/C11H15BrN2/c1-14-10(11(13)6-7-11)8-4-2-3-5-9(8)12/h2-5,10,14H,6-7,13H2,1H3. The van der Waals surface area contributed by atoms with Crippen molar-refractivity contribution in [2.24, 2.45) is 5.73 Å². The average molecular weight is 255 g/mol. The van der Waals surface area contributed by atoms with Crippen molar-refractivity contribution in [2.45, 2.75) is 24.4 Å². The van der Waals surface area contributed by atoms with Gasteiger partial charge >= 0.3 is 0 Å². The van der Waals surface area contributed by atoms with E-state index in [0.29, 0.717) is 0 Å². The van der Waals surface area contributed by atoms with Gasteiger partial charge in [-0.25, -0.2) is 0 Å². The fourth-order valence-corrected chi connectivity index (χ4v) is 2.41. The average Bonchev–Trinajstić information content (AvgIpc) is 2.89. The van der Waals surface area contributed by atoms with Crippen LogP contribution in [-0.2, 0) is 0 Å². The predicted octanol–water partition coefficient (Wildman–Crippen LogP) is 2.20. The minimum Gasteiger partial charge on any atom is -0.323 e. The molecule has 1 aromatic carbocycles. The maximum absolute atomic E-state index is 6.22. The lowest BCUT2D eigenvalue weighted by Gasteiger charge is -2.24. The number of nitrogens with one attached hydrogen (secondary N) is 1. The summed E-state index contributed by atoms with van der Waals surface area (Å²) in [6, 6.07) is 8.52. The summed E-state index contributed by atoms with van der Waals surface area (Å²) >= 11 is 3.56. The molecule has 1 unspecified atom stereocenters. The molecule has 0 aliphatic heterocycles. The molecule has 1 atom stereocenters. The molecule has 1 aliphatic carbocycles. The van der Waals surface area contributed by atoms with Crippen LogP contribution >= 0.6 is 15.9 Å². The molecule has 0 bridgehead atoms. The van der Waals surface area contributed by atoms with Crippen LogP contribution in [0.4, 0.5) is 0 Å². The monoisotopic (exact) mass is 254 g/mol. The zero-order valence-electron chi connectivity index (χ0n) is 8.26. The molecular formula is C11H15BrN2. The number of hydrogen-bond acceptors (Lipinski definition) is 2. The minimum absolute atomic E-state index is 0.0291. The van der Waals surface area contributed by atoms with Crippen LogP contribution in [0.3, 0.4) is 0 Å². The molecule has 2 nitrogen and oxygen atoms in total. The fourth-order valence-electron chi connectivity index (χ4n) is 1.89. The highest BCUT2D eigenvalue weighted by atomic mass is 79.9. The van der Waals surface area contributed by atoms with Crippen molar-refractivity contribution >= 4 is 15.9 Å². The highest BCUT2D eigenvalue weighted by molar-refractivity contribution is 9.10. The normalized spacial score (nSPS) is 20.5. The van der Waals surface area contributed by atoms with Gasteiger partial charge in [0, 0.05) is 10.0 Å². The van der Waals surface area contributed by atoms with E-state index in [1.165, 1.54) is 5.56 Å². The Bertz CT molecular complexity index is 334. The first-order chi connectivity index (χ1) is 6.67. The summed E-state index contributed by atoms with van der Waals surface area (Å²) in [6.45, 7) is 0. The number of nitrogens with two attached hydrogens (primary N) is 1. The van der Waals surface area contributed by atoms with Crippen molar-refractivity contribution < 1.29 is 0 Å². The van der Waals surface area contributed by atoms with E-state index in [1.807, 2.05) is 13.1 Å². The Morgan fingerprint density at radius 2 is 2.07 bits per heavy atom. The Kier molecular flexibility index (Phi) is 2.64. The summed E-state index contributed by atoms with van der Waals surface area (Å²) < 4.78 is 1.14. The molecule has 1 aromatic rings. The Morgan fingerprint density at radius 3 is 2.57 bits per heavy atom. The number of likely N-dealkylation sites (N-methyl/N-ethyl adjacent to an activating group) is 1. The molecule has 0 aromatic heterocycles. The highest BCUT2D eigenvalue weighted by Crippen LogP contribution is 2.44. The molecule has 0 saturated heterocycles. The van der Waals surface area contributed by atoms with Gasteiger partial charge in [0.25, 0.3) is 0 Å². The molecule has 14 heavy (non-hydrogen) atoms. The van der Waals surface area contributed by atoms with Gasteiger partial charge in [-0.15, -0.1) is 0 Å². The van der Waals surface area contributed by atoms with Crippen LogP contribution in [0.2, 0.25) is 0 Å². The summed E-state index contributed by atoms with van der Waals surface area (Å²) in [7, 11) is 1.97. The summed E-state index contributed by atoms with van der Waals surface area (Å²) in [6.07, 6.45) is 2.22. The maximum atomic E-state index is 6.22. The molecule has 2 rings (SSSR count). The molecule has 3 heteroatoms. The van der Waals surface area contributed by atoms with Crippen LogP contribution in [0.5, 0.6) is 0 Å². The predicted molar refractivity (Wildman–Crippen MR) is 62.1 cm³/mol. The summed E-state index contributed by atoms with van der Waals surface area (Å²) in [5.74, 6) is 0. The van der Waals surface area contributed by atoms with Crippen LogP contribution in [0, 0.1) is 0 Å². The Balaban J connectivity index is 2.32. The van der Waals surface area contributed by atoms with Crippen LogP contribution < -0.4 is 11.1 Å². The van der Waals surface area contributed by atoms with Gasteiger partial charge in [-0.2, -0.15) is 0 Å². The van der Waals surface area contributed by atoms with E-state index in [2.05, 4.69) is 39.4 Å². The summed E-state index contributed by atoms with van der Waals surface area (Å²) in [5.41, 5.74) is 7.45. The quantitative estimate of drug-likeness (QED) is 0.868. The lowest BCUT2D eigenvalue weighted by molar-refractivity contribution is 0.460. The van der Waals surface area contributed by atoms with E-state index >= 15 is 0 Å². The molecule has 0 spiro atoms. The van der Waals surface area contributed by atoms with Gasteiger partial charge in [-0.1, -0.05) is 34.1 Å². The van der Waals surface area contributed by atoms with E-state index in [-0.39, 0.29) is 11.6 Å². The summed E-state index contributed by atoms with van der Waals surface area (Å²) in [5, 5.41) is 3.31. The van der Waals surface area contributed by atoms with E-state index in [4.69, 9.17) is 5.73 Å². The number of halogens is 1. The Morgan fingerprint density at radius 1 is 1.43 bits per heavy atom. The van der Waals surface area contributed by atoms with Crippen molar-refractivity contribution in [1.29, 1.82) is 0 Å². The van der Waals surface area contributed by atoms with Crippen molar-refractivity contribution in [3.05, 3.63) is 34.3 Å². The van der Waals surface area contributed by atoms with Crippen molar-refractivity contribution in [2.75, 3.05) is 7.05 Å². The van der Waals surface area contributed by atoms with Gasteiger partial charge in [0.2, 0.25) is 0 Å². The van der Waals surface area contributed by atoms with Crippen molar-refractivity contribution in [1.82, 2.24) is 5.32 Å². The second kappa shape index (κ2) is 3.65. The van der Waals surface area contributed by atoms with E-state index in [1.54, 1.807) is 0 Å². The molecule has 3 N–H and O–H groups in total. The summed E-state index contributed by atoms with van der Waals surface area (Å²) in [4.78, 5) is 0. The molecule has 0 radical (unpaired) electrons. The second-order valence-electron chi connectivity index (χ2n) is 3.98. The third-order valence-corrected chi connectivity index (χ3v) is 3.63. The number of hydrogen-bond donors (Lipinski definition) is 2. The third-order valence-electron chi connectivity index (χ3n) is 2.91. The first kappa shape index (κ1) is 10.1. The minimum atomic E-state index is -0.0291. The van der Waals surface area contributed by atoms with Gasteiger partial charge in [0.1, 0.15) is 0 Å². The molecular weight excluding hydrogens is 240 g/mol. The third kappa shape index (κ3) is 1.72. The topological polar surface area (TPSA) is 38.0 Å². The maximum Gasteiger partial charge on any atom is 0.0511 e. The molecule has 76 valence electrons. The van der Waals surface area contributed by atoms with Crippen molar-refractivity contribution in [3.8, 4) is 0 Å². The Labute approximate surface area is 93.0 Å². The first-order valence-corrected chi connectivity index (χ1v) is 5.67. The smallest absolute Gasteiger partial charge is 0.0511 e. The van der Waals surface area contributed by atoms with Gasteiger partial charge in [0.15, 0.2) is 0 Å². The molecule has 1 saturated carbocycles. The molecule has 0 heterocycles. The van der Waals surface area contributed by atoms with Gasteiger partial charge in [-0.3, -0.25) is 0 Å². The fraction of sp³-hybridized carbons (Fsp3) is 0.455. The highest BCUT2D eigenvalue weighted by Gasteiger charge is 2.46. The van der Waals surface area contributed by atoms with Crippen LogP contribution in [-0.4, -0.2) is 12.6 Å². The van der Waals surface area contributed by atoms with Crippen molar-refractivity contribution in [3.63, 3.8) is 0 Å². The van der Waals surface area contributed by atoms with Gasteiger partial charge < -0.3 is 11.1 Å².